The van der Waals surface area contributed by atoms with Crippen LogP contribution in [0.1, 0.15) is 44.6 Å². The van der Waals surface area contributed by atoms with Crippen molar-refractivity contribution >= 4 is 15.9 Å². The molecule has 2 rings (SSSR count). The first-order valence-electron chi connectivity index (χ1n) is 6.96. The van der Waals surface area contributed by atoms with E-state index >= 15 is 0 Å². The lowest BCUT2D eigenvalue weighted by molar-refractivity contribution is 0.0684. The molecule has 1 aromatic rings. The number of pyridine rings is 1. The summed E-state index contributed by atoms with van der Waals surface area (Å²) < 4.78 is 0.988. The number of halogens is 1. The van der Waals surface area contributed by atoms with Crippen LogP contribution in [0.2, 0.25) is 0 Å². The minimum Gasteiger partial charge on any atom is -0.392 e. The van der Waals surface area contributed by atoms with Gasteiger partial charge in [0.25, 0.3) is 0 Å². The molecule has 0 amide bonds. The van der Waals surface area contributed by atoms with Gasteiger partial charge < -0.3 is 5.11 Å². The summed E-state index contributed by atoms with van der Waals surface area (Å²) in [6, 6.07) is 2.05. The zero-order chi connectivity index (χ0) is 13.0. The number of rotatable bonds is 4. The highest BCUT2D eigenvalue weighted by molar-refractivity contribution is 9.10. The van der Waals surface area contributed by atoms with Crippen LogP contribution in [0.4, 0.5) is 0 Å². The van der Waals surface area contributed by atoms with Gasteiger partial charge in [-0.2, -0.15) is 0 Å². The maximum atomic E-state index is 10.4. The van der Waals surface area contributed by atoms with Crippen LogP contribution in [0, 0.1) is 11.8 Å². The molecule has 18 heavy (non-hydrogen) atoms. The zero-order valence-corrected chi connectivity index (χ0v) is 12.6. The fourth-order valence-electron chi connectivity index (χ4n) is 3.03. The second-order valence-corrected chi connectivity index (χ2v) is 6.40. The molecular weight excluding hydrogens is 290 g/mol. The molecule has 2 nitrogen and oxygen atoms in total. The summed E-state index contributed by atoms with van der Waals surface area (Å²) in [5.74, 6) is 1.29. The Morgan fingerprint density at radius 3 is 3.00 bits per heavy atom. The second-order valence-electron chi connectivity index (χ2n) is 5.48. The molecule has 1 heterocycles. The molecule has 3 unspecified atom stereocenters. The van der Waals surface area contributed by atoms with E-state index in [0.29, 0.717) is 5.92 Å². The SMILES string of the molecule is CCC1CCCC(C(O)Cc2cncc(Br)c2)C1. The van der Waals surface area contributed by atoms with Crippen LogP contribution in [0.3, 0.4) is 0 Å². The average Bonchev–Trinajstić information content (AvgIpc) is 2.39. The molecule has 1 saturated carbocycles. The maximum Gasteiger partial charge on any atom is 0.0609 e. The van der Waals surface area contributed by atoms with Crippen LogP contribution in [-0.2, 0) is 6.42 Å². The Morgan fingerprint density at radius 2 is 2.28 bits per heavy atom. The van der Waals surface area contributed by atoms with E-state index in [1.54, 1.807) is 6.20 Å². The molecule has 0 aromatic carbocycles. The van der Waals surface area contributed by atoms with Crippen molar-refractivity contribution in [2.45, 2.75) is 51.6 Å². The highest BCUT2D eigenvalue weighted by Crippen LogP contribution is 2.33. The zero-order valence-electron chi connectivity index (χ0n) is 11.0. The van der Waals surface area contributed by atoms with Crippen LogP contribution in [0.15, 0.2) is 22.9 Å². The van der Waals surface area contributed by atoms with E-state index in [0.717, 1.165) is 22.4 Å². The van der Waals surface area contributed by atoms with E-state index < -0.39 is 0 Å². The number of hydrogen-bond donors (Lipinski definition) is 1. The number of aromatic nitrogens is 1. The lowest BCUT2D eigenvalue weighted by Gasteiger charge is -2.31. The molecule has 1 aliphatic carbocycles. The molecule has 0 bridgehead atoms. The van der Waals surface area contributed by atoms with Gasteiger partial charge in [-0.25, -0.2) is 0 Å². The van der Waals surface area contributed by atoms with E-state index in [9.17, 15) is 5.11 Å². The fraction of sp³-hybridized carbons (Fsp3) is 0.667. The fourth-order valence-corrected chi connectivity index (χ4v) is 3.44. The van der Waals surface area contributed by atoms with Crippen molar-refractivity contribution in [3.8, 4) is 0 Å². The highest BCUT2D eigenvalue weighted by atomic mass is 79.9. The minimum absolute atomic E-state index is 0.213. The monoisotopic (exact) mass is 311 g/mol. The number of hydrogen-bond acceptors (Lipinski definition) is 2. The Balaban J connectivity index is 1.93. The molecule has 1 N–H and O–H groups in total. The van der Waals surface area contributed by atoms with Crippen molar-refractivity contribution in [3.05, 3.63) is 28.5 Å². The van der Waals surface area contributed by atoms with Gasteiger partial charge in [0.2, 0.25) is 0 Å². The third-order valence-electron chi connectivity index (χ3n) is 4.15. The van der Waals surface area contributed by atoms with E-state index in [4.69, 9.17) is 0 Å². The predicted octanol–water partition coefficient (Wildman–Crippen LogP) is 3.96. The number of aliphatic hydroxyl groups is 1. The van der Waals surface area contributed by atoms with Crippen LogP contribution in [0.25, 0.3) is 0 Å². The van der Waals surface area contributed by atoms with Crippen LogP contribution < -0.4 is 0 Å². The first kappa shape index (κ1) is 14.0. The predicted molar refractivity (Wildman–Crippen MR) is 77.4 cm³/mol. The van der Waals surface area contributed by atoms with Gasteiger partial charge in [0.05, 0.1) is 6.10 Å². The summed E-state index contributed by atoms with van der Waals surface area (Å²) in [4.78, 5) is 4.16. The Labute approximate surface area is 118 Å². The lowest BCUT2D eigenvalue weighted by atomic mass is 9.76. The molecule has 0 saturated heterocycles. The van der Waals surface area contributed by atoms with Crippen LogP contribution >= 0.6 is 15.9 Å². The topological polar surface area (TPSA) is 33.1 Å². The Hall–Kier alpha value is -0.410. The van der Waals surface area contributed by atoms with Crippen molar-refractivity contribution in [3.63, 3.8) is 0 Å². The number of nitrogens with zero attached hydrogens (tertiary/aromatic N) is 1. The smallest absolute Gasteiger partial charge is 0.0609 e. The van der Waals surface area contributed by atoms with Crippen molar-refractivity contribution in [1.29, 1.82) is 0 Å². The molecule has 100 valence electrons. The molecular formula is C15H22BrNO. The van der Waals surface area contributed by atoms with Crippen molar-refractivity contribution in [1.82, 2.24) is 4.98 Å². The molecule has 0 radical (unpaired) electrons. The maximum absolute atomic E-state index is 10.4. The molecule has 0 spiro atoms. The standard InChI is InChI=1S/C15H22BrNO/c1-2-11-4-3-5-13(6-11)15(18)8-12-7-14(16)10-17-9-12/h7,9-11,13,15,18H,2-6,8H2,1H3. The van der Waals surface area contributed by atoms with E-state index in [1.165, 1.54) is 32.1 Å². The van der Waals surface area contributed by atoms with Gasteiger partial charge in [0, 0.05) is 23.3 Å². The molecule has 1 fully saturated rings. The largest absolute Gasteiger partial charge is 0.392 e. The molecule has 3 heteroatoms. The minimum atomic E-state index is -0.213. The first-order chi connectivity index (χ1) is 8.69. The van der Waals surface area contributed by atoms with Gasteiger partial charge >= 0.3 is 0 Å². The summed E-state index contributed by atoms with van der Waals surface area (Å²) in [5, 5.41) is 10.4. The molecule has 3 atom stereocenters. The first-order valence-corrected chi connectivity index (χ1v) is 7.75. The summed E-state index contributed by atoms with van der Waals surface area (Å²) in [6.07, 6.45) is 10.4. The van der Waals surface area contributed by atoms with Gasteiger partial charge in [-0.15, -0.1) is 0 Å². The average molecular weight is 312 g/mol. The van der Waals surface area contributed by atoms with E-state index in [1.807, 2.05) is 6.20 Å². The van der Waals surface area contributed by atoms with Gasteiger partial charge in [-0.1, -0.05) is 26.2 Å². The molecule has 1 aliphatic rings. The van der Waals surface area contributed by atoms with Crippen molar-refractivity contribution in [2.75, 3.05) is 0 Å². The van der Waals surface area contributed by atoms with Gasteiger partial charge in [-0.3, -0.25) is 4.98 Å². The Bertz CT molecular complexity index is 383. The summed E-state index contributed by atoms with van der Waals surface area (Å²) in [5.41, 5.74) is 1.12. The molecule has 0 aliphatic heterocycles. The highest BCUT2D eigenvalue weighted by Gasteiger charge is 2.26. The van der Waals surface area contributed by atoms with Crippen LogP contribution in [0.5, 0.6) is 0 Å². The Kier molecular flexibility index (Phi) is 5.19. The quantitative estimate of drug-likeness (QED) is 0.913. The third-order valence-corrected chi connectivity index (χ3v) is 4.58. The summed E-state index contributed by atoms with van der Waals surface area (Å²) >= 11 is 3.42. The second kappa shape index (κ2) is 6.67. The lowest BCUT2D eigenvalue weighted by Crippen LogP contribution is -2.28. The van der Waals surface area contributed by atoms with Crippen molar-refractivity contribution in [2.24, 2.45) is 11.8 Å². The summed E-state index contributed by atoms with van der Waals surface area (Å²) in [6.45, 7) is 2.26. The summed E-state index contributed by atoms with van der Waals surface area (Å²) in [7, 11) is 0. The van der Waals surface area contributed by atoms with E-state index in [2.05, 4.69) is 33.9 Å². The van der Waals surface area contributed by atoms with Crippen LogP contribution in [-0.4, -0.2) is 16.2 Å². The number of aliphatic hydroxyl groups excluding tert-OH is 1. The van der Waals surface area contributed by atoms with Crippen molar-refractivity contribution < 1.29 is 5.11 Å². The van der Waals surface area contributed by atoms with E-state index in [-0.39, 0.29) is 6.10 Å². The van der Waals surface area contributed by atoms with Gasteiger partial charge in [0.1, 0.15) is 0 Å². The third kappa shape index (κ3) is 3.79. The normalized spacial score (nSPS) is 25.9. The van der Waals surface area contributed by atoms with Gasteiger partial charge in [-0.05, 0) is 52.2 Å². The van der Waals surface area contributed by atoms with Gasteiger partial charge in [0.15, 0.2) is 0 Å². The Morgan fingerprint density at radius 1 is 1.44 bits per heavy atom. The molecule has 1 aromatic heterocycles.